The second-order valence-electron chi connectivity index (χ2n) is 7.49. The highest BCUT2D eigenvalue weighted by Gasteiger charge is 2.30. The van der Waals surface area contributed by atoms with E-state index in [1.165, 1.54) is 5.56 Å². The van der Waals surface area contributed by atoms with Gasteiger partial charge in [-0.25, -0.2) is 5.43 Å². The third-order valence-corrected chi connectivity index (χ3v) is 4.84. The second-order valence-corrected chi connectivity index (χ2v) is 7.49. The number of nitrogens with zero attached hydrogens (tertiary/aromatic N) is 1. The number of rotatable bonds is 10. The lowest BCUT2D eigenvalue weighted by Gasteiger charge is -2.17. The van der Waals surface area contributed by atoms with Gasteiger partial charge < -0.3 is 19.4 Å². The summed E-state index contributed by atoms with van der Waals surface area (Å²) in [5.74, 6) is 3.35. The van der Waals surface area contributed by atoms with E-state index in [0.29, 0.717) is 5.92 Å². The van der Waals surface area contributed by atoms with Crippen LogP contribution in [0.3, 0.4) is 0 Å². The van der Waals surface area contributed by atoms with Crippen molar-refractivity contribution in [3.63, 3.8) is 0 Å². The third-order valence-electron chi connectivity index (χ3n) is 4.84. The van der Waals surface area contributed by atoms with Crippen molar-refractivity contribution in [3.05, 3.63) is 53.5 Å². The highest BCUT2D eigenvalue weighted by molar-refractivity contribution is 5.27. The number of hydrazine groups is 1. The molecule has 0 bridgehead atoms. The number of aryl methyl sites for hydroxylation is 1. The third kappa shape index (κ3) is 6.07. The van der Waals surface area contributed by atoms with E-state index in [4.69, 9.17) is 9.15 Å². The molecule has 3 N–H and O–H groups in total. The predicted molar refractivity (Wildman–Crippen MR) is 108 cm³/mol. The molecule has 2 heterocycles. The maximum Gasteiger partial charge on any atom is 0.122 e. The molecule has 1 aliphatic rings. The Hall–Kier alpha value is -1.86. The van der Waals surface area contributed by atoms with Gasteiger partial charge in [0.05, 0.1) is 12.6 Å². The molecular weight excluding hydrogens is 340 g/mol. The summed E-state index contributed by atoms with van der Waals surface area (Å²) in [5, 5.41) is 3.57. The summed E-state index contributed by atoms with van der Waals surface area (Å²) in [5.41, 5.74) is 7.83. The Labute approximate surface area is 162 Å². The van der Waals surface area contributed by atoms with Crippen LogP contribution in [0.4, 0.5) is 0 Å². The molecule has 148 valence electrons. The van der Waals surface area contributed by atoms with E-state index >= 15 is 0 Å². The highest BCUT2D eigenvalue weighted by atomic mass is 16.5. The summed E-state index contributed by atoms with van der Waals surface area (Å²) in [7, 11) is 4.16. The van der Waals surface area contributed by atoms with Gasteiger partial charge >= 0.3 is 0 Å². The Balaban J connectivity index is 1.39. The van der Waals surface area contributed by atoms with Gasteiger partial charge in [0.25, 0.3) is 0 Å². The molecule has 0 aliphatic carbocycles. The lowest BCUT2D eigenvalue weighted by atomic mass is 10.00. The van der Waals surface area contributed by atoms with Crippen molar-refractivity contribution in [3.8, 4) is 5.75 Å². The van der Waals surface area contributed by atoms with E-state index in [1.54, 1.807) is 0 Å². The molecule has 1 aliphatic heterocycles. The van der Waals surface area contributed by atoms with Crippen molar-refractivity contribution >= 4 is 0 Å². The van der Waals surface area contributed by atoms with Crippen LogP contribution in [-0.2, 0) is 6.54 Å². The van der Waals surface area contributed by atoms with Crippen molar-refractivity contribution in [2.45, 2.75) is 25.9 Å². The van der Waals surface area contributed by atoms with E-state index in [9.17, 15) is 0 Å². The smallest absolute Gasteiger partial charge is 0.122 e. The molecular formula is C21H32N4O2. The quantitative estimate of drug-likeness (QED) is 0.557. The second kappa shape index (κ2) is 9.90. The first-order valence-electron chi connectivity index (χ1n) is 9.74. The first-order chi connectivity index (χ1) is 13.1. The molecule has 1 saturated heterocycles. The zero-order valence-electron chi connectivity index (χ0n) is 16.6. The van der Waals surface area contributed by atoms with Crippen LogP contribution in [0.1, 0.15) is 29.5 Å². The maximum absolute atomic E-state index is 5.79. The van der Waals surface area contributed by atoms with Crippen LogP contribution in [-0.4, -0.2) is 45.2 Å². The van der Waals surface area contributed by atoms with Gasteiger partial charge in [0.2, 0.25) is 0 Å². The fourth-order valence-corrected chi connectivity index (χ4v) is 3.33. The minimum Gasteiger partial charge on any atom is -0.494 e. The molecule has 1 fully saturated rings. The first-order valence-corrected chi connectivity index (χ1v) is 9.74. The zero-order valence-corrected chi connectivity index (χ0v) is 16.6. The number of ether oxygens (including phenoxy) is 1. The van der Waals surface area contributed by atoms with Crippen LogP contribution in [0, 0.1) is 12.8 Å². The molecule has 1 aromatic heterocycles. The van der Waals surface area contributed by atoms with Gasteiger partial charge in [-0.1, -0.05) is 12.1 Å². The van der Waals surface area contributed by atoms with E-state index < -0.39 is 0 Å². The van der Waals surface area contributed by atoms with Gasteiger partial charge in [-0.05, 0) is 57.3 Å². The summed E-state index contributed by atoms with van der Waals surface area (Å²) >= 11 is 0. The topological polar surface area (TPSA) is 61.7 Å². The van der Waals surface area contributed by atoms with Crippen molar-refractivity contribution in [1.29, 1.82) is 0 Å². The first kappa shape index (κ1) is 19.9. The van der Waals surface area contributed by atoms with Crippen LogP contribution >= 0.6 is 0 Å². The number of nitrogens with one attached hydrogen (secondary N) is 3. The van der Waals surface area contributed by atoms with Crippen LogP contribution in [0.2, 0.25) is 0 Å². The molecule has 3 rings (SSSR count). The fourth-order valence-electron chi connectivity index (χ4n) is 3.33. The Morgan fingerprint density at radius 2 is 2.00 bits per heavy atom. The van der Waals surface area contributed by atoms with Gasteiger partial charge in [0.15, 0.2) is 0 Å². The van der Waals surface area contributed by atoms with E-state index in [1.807, 2.05) is 13.0 Å². The van der Waals surface area contributed by atoms with Crippen LogP contribution in [0.25, 0.3) is 0 Å². The SMILES string of the molecule is Cc1ccc(C2NNCC2CNCc2ccc(OCCCN(C)C)cc2)o1. The van der Waals surface area contributed by atoms with Crippen LogP contribution in [0.5, 0.6) is 5.75 Å². The van der Waals surface area contributed by atoms with Gasteiger partial charge in [0.1, 0.15) is 17.3 Å². The average molecular weight is 373 g/mol. The predicted octanol–water partition coefficient (Wildman–Crippen LogP) is 2.47. The lowest BCUT2D eigenvalue weighted by molar-refractivity contribution is 0.281. The Kier molecular flexibility index (Phi) is 7.29. The van der Waals surface area contributed by atoms with Gasteiger partial charge in [0, 0.05) is 32.1 Å². The molecule has 6 nitrogen and oxygen atoms in total. The molecule has 6 heteroatoms. The maximum atomic E-state index is 5.79. The molecule has 27 heavy (non-hydrogen) atoms. The van der Waals surface area contributed by atoms with E-state index in [0.717, 1.165) is 56.5 Å². The molecule has 0 saturated carbocycles. The summed E-state index contributed by atoms with van der Waals surface area (Å²) in [6.07, 6.45) is 1.04. The highest BCUT2D eigenvalue weighted by Crippen LogP contribution is 2.26. The largest absolute Gasteiger partial charge is 0.494 e. The Bertz CT molecular complexity index is 684. The molecule has 2 unspecified atom stereocenters. The number of benzene rings is 1. The summed E-state index contributed by atoms with van der Waals surface area (Å²) in [6, 6.07) is 12.7. The molecule has 0 amide bonds. The lowest BCUT2D eigenvalue weighted by Crippen LogP contribution is -2.28. The van der Waals surface area contributed by atoms with Gasteiger partial charge in [-0.3, -0.25) is 5.43 Å². The Morgan fingerprint density at radius 1 is 1.19 bits per heavy atom. The molecule has 2 aromatic rings. The Morgan fingerprint density at radius 3 is 2.70 bits per heavy atom. The van der Waals surface area contributed by atoms with Crippen molar-refractivity contribution in [2.24, 2.45) is 5.92 Å². The average Bonchev–Trinajstić information content (AvgIpc) is 3.28. The number of furan rings is 1. The van der Waals surface area contributed by atoms with Crippen molar-refractivity contribution in [2.75, 3.05) is 40.3 Å². The molecule has 2 atom stereocenters. The van der Waals surface area contributed by atoms with E-state index in [2.05, 4.69) is 65.5 Å². The standard InChI is InChI=1S/C21H32N4O2/c1-16-5-10-20(27-16)21-18(15-23-24-21)14-22-13-17-6-8-19(9-7-17)26-12-4-11-25(2)3/h5-10,18,21-24H,4,11-15H2,1-3H3. The van der Waals surface area contributed by atoms with Crippen LogP contribution in [0.15, 0.2) is 40.8 Å². The summed E-state index contributed by atoms with van der Waals surface area (Å²) < 4.78 is 11.6. The summed E-state index contributed by atoms with van der Waals surface area (Å²) in [4.78, 5) is 2.17. The van der Waals surface area contributed by atoms with Crippen LogP contribution < -0.4 is 20.9 Å². The fraction of sp³-hybridized carbons (Fsp3) is 0.524. The number of hydrogen-bond acceptors (Lipinski definition) is 6. The van der Waals surface area contributed by atoms with Crippen molar-refractivity contribution in [1.82, 2.24) is 21.1 Å². The molecule has 0 radical (unpaired) electrons. The normalized spacial score (nSPS) is 19.7. The van der Waals surface area contributed by atoms with E-state index in [-0.39, 0.29) is 6.04 Å². The van der Waals surface area contributed by atoms with Crippen molar-refractivity contribution < 1.29 is 9.15 Å². The zero-order chi connectivity index (χ0) is 19.1. The number of hydrogen-bond donors (Lipinski definition) is 3. The van der Waals surface area contributed by atoms with Gasteiger partial charge in [-0.15, -0.1) is 0 Å². The monoisotopic (exact) mass is 372 g/mol. The summed E-state index contributed by atoms with van der Waals surface area (Å²) in [6.45, 7) is 6.48. The minimum absolute atomic E-state index is 0.212. The molecule has 0 spiro atoms. The molecule has 1 aromatic carbocycles. The minimum atomic E-state index is 0.212. The van der Waals surface area contributed by atoms with Gasteiger partial charge in [-0.2, -0.15) is 0 Å².